The first-order valence-corrected chi connectivity index (χ1v) is 8.29. The first-order valence-electron chi connectivity index (χ1n) is 8.29. The molecule has 1 saturated heterocycles. The van der Waals surface area contributed by atoms with Crippen LogP contribution in [0.3, 0.4) is 0 Å². The Bertz CT molecular complexity index is 778. The van der Waals surface area contributed by atoms with Crippen LogP contribution in [0.15, 0.2) is 42.7 Å². The van der Waals surface area contributed by atoms with E-state index in [1.165, 1.54) is 12.1 Å². The lowest BCUT2D eigenvalue weighted by atomic mass is 9.90. The predicted octanol–water partition coefficient (Wildman–Crippen LogP) is 3.32. The fourth-order valence-corrected chi connectivity index (χ4v) is 3.52. The van der Waals surface area contributed by atoms with Crippen molar-refractivity contribution in [2.75, 3.05) is 13.1 Å². The first-order chi connectivity index (χ1) is 11.8. The minimum atomic E-state index is -0.216. The van der Waals surface area contributed by atoms with E-state index in [0.717, 1.165) is 55.0 Å². The minimum absolute atomic E-state index is 0.216. The molecular weight excluding hydrogens is 305 g/mol. The second kappa shape index (κ2) is 6.57. The van der Waals surface area contributed by atoms with Crippen LogP contribution in [-0.4, -0.2) is 38.4 Å². The van der Waals surface area contributed by atoms with E-state index in [9.17, 15) is 4.39 Å². The summed E-state index contributed by atoms with van der Waals surface area (Å²) in [6.07, 6.45) is 5.92. The molecule has 4 rings (SSSR count). The number of hydrogen-bond donors (Lipinski definition) is 2. The molecule has 0 radical (unpaired) electrons. The van der Waals surface area contributed by atoms with E-state index in [1.54, 1.807) is 6.20 Å². The lowest BCUT2D eigenvalue weighted by Gasteiger charge is -2.32. The van der Waals surface area contributed by atoms with Crippen molar-refractivity contribution in [3.63, 3.8) is 0 Å². The number of H-pyrrole nitrogens is 2. The van der Waals surface area contributed by atoms with Crippen LogP contribution in [0.2, 0.25) is 0 Å². The summed E-state index contributed by atoms with van der Waals surface area (Å²) >= 11 is 0. The summed E-state index contributed by atoms with van der Waals surface area (Å²) in [5, 5.41) is 14.5. The summed E-state index contributed by atoms with van der Waals surface area (Å²) < 4.78 is 13.2. The Kier molecular flexibility index (Phi) is 4.13. The molecule has 0 amide bonds. The zero-order chi connectivity index (χ0) is 16.4. The molecule has 1 aliphatic rings. The van der Waals surface area contributed by atoms with Crippen molar-refractivity contribution < 1.29 is 4.39 Å². The molecule has 2 aromatic heterocycles. The maximum Gasteiger partial charge on any atom is 0.123 e. The van der Waals surface area contributed by atoms with E-state index in [2.05, 4.69) is 25.3 Å². The van der Waals surface area contributed by atoms with Crippen LogP contribution >= 0.6 is 0 Å². The van der Waals surface area contributed by atoms with Crippen molar-refractivity contribution in [3.8, 4) is 11.1 Å². The highest BCUT2D eigenvalue weighted by Gasteiger charge is 2.25. The summed E-state index contributed by atoms with van der Waals surface area (Å²) in [6, 6.07) is 8.64. The number of aromatic nitrogens is 4. The molecule has 1 fully saturated rings. The normalized spacial score (nSPS) is 18.8. The highest BCUT2D eigenvalue weighted by molar-refractivity contribution is 5.65. The van der Waals surface area contributed by atoms with E-state index < -0.39 is 0 Å². The Morgan fingerprint density at radius 3 is 2.79 bits per heavy atom. The molecule has 6 heteroatoms. The SMILES string of the molecule is Fc1ccc(-c2cn[nH]c2[C@H]2CCCN(Cc3ccn[nH]3)C2)cc1. The predicted molar refractivity (Wildman–Crippen MR) is 89.8 cm³/mol. The molecule has 0 saturated carbocycles. The Hall–Kier alpha value is -2.47. The molecule has 3 aromatic rings. The first kappa shape index (κ1) is 15.1. The molecule has 0 aliphatic carbocycles. The second-order valence-corrected chi connectivity index (χ2v) is 6.36. The van der Waals surface area contributed by atoms with Gasteiger partial charge < -0.3 is 0 Å². The lowest BCUT2D eigenvalue weighted by molar-refractivity contribution is 0.196. The van der Waals surface area contributed by atoms with Gasteiger partial charge in [0.25, 0.3) is 0 Å². The standard InChI is InChI=1S/C18H20FN5/c19-15-5-3-13(4-6-15)17-10-21-23-18(17)14-2-1-9-24(11-14)12-16-7-8-20-22-16/h3-8,10,14H,1-2,9,11-12H2,(H,20,22)(H,21,23)/t14-/m0/s1. The zero-order valence-corrected chi connectivity index (χ0v) is 13.4. The monoisotopic (exact) mass is 325 g/mol. The van der Waals surface area contributed by atoms with Gasteiger partial charge in [0.2, 0.25) is 0 Å². The Morgan fingerprint density at radius 1 is 1.12 bits per heavy atom. The number of aromatic amines is 2. The van der Waals surface area contributed by atoms with Gasteiger partial charge in [0.15, 0.2) is 0 Å². The number of piperidine rings is 1. The number of halogens is 1. The number of nitrogens with zero attached hydrogens (tertiary/aromatic N) is 3. The Balaban J connectivity index is 1.53. The molecule has 3 heterocycles. The molecular formula is C18H20FN5. The summed E-state index contributed by atoms with van der Waals surface area (Å²) in [7, 11) is 0. The van der Waals surface area contributed by atoms with Crippen molar-refractivity contribution in [1.82, 2.24) is 25.3 Å². The molecule has 0 spiro atoms. The number of rotatable bonds is 4. The van der Waals surface area contributed by atoms with Crippen LogP contribution in [-0.2, 0) is 6.54 Å². The van der Waals surface area contributed by atoms with Gasteiger partial charge >= 0.3 is 0 Å². The van der Waals surface area contributed by atoms with Crippen LogP contribution in [0.4, 0.5) is 4.39 Å². The van der Waals surface area contributed by atoms with Crippen molar-refractivity contribution in [2.24, 2.45) is 0 Å². The summed E-state index contributed by atoms with van der Waals surface area (Å²) in [5.41, 5.74) is 4.36. The van der Waals surface area contributed by atoms with Crippen molar-refractivity contribution in [2.45, 2.75) is 25.3 Å². The number of hydrogen-bond acceptors (Lipinski definition) is 3. The van der Waals surface area contributed by atoms with Gasteiger partial charge in [0.05, 0.1) is 6.20 Å². The van der Waals surface area contributed by atoms with Gasteiger partial charge in [-0.25, -0.2) is 4.39 Å². The molecule has 24 heavy (non-hydrogen) atoms. The van der Waals surface area contributed by atoms with E-state index in [-0.39, 0.29) is 5.82 Å². The Labute approximate surface area is 139 Å². The van der Waals surface area contributed by atoms with Gasteiger partial charge in [0, 0.05) is 42.2 Å². The number of benzene rings is 1. The van der Waals surface area contributed by atoms with Gasteiger partial charge in [-0.15, -0.1) is 0 Å². The molecule has 2 N–H and O–H groups in total. The zero-order valence-electron chi connectivity index (χ0n) is 13.4. The molecule has 124 valence electrons. The minimum Gasteiger partial charge on any atom is -0.297 e. The van der Waals surface area contributed by atoms with E-state index in [4.69, 9.17) is 0 Å². The molecule has 1 aliphatic heterocycles. The third-order valence-electron chi connectivity index (χ3n) is 4.69. The quantitative estimate of drug-likeness (QED) is 0.773. The van der Waals surface area contributed by atoms with Gasteiger partial charge in [0.1, 0.15) is 5.82 Å². The largest absolute Gasteiger partial charge is 0.297 e. The van der Waals surface area contributed by atoms with Gasteiger partial charge in [-0.05, 0) is 43.1 Å². The highest BCUT2D eigenvalue weighted by atomic mass is 19.1. The summed E-state index contributed by atoms with van der Waals surface area (Å²) in [4.78, 5) is 2.44. The van der Waals surface area contributed by atoms with Crippen LogP contribution < -0.4 is 0 Å². The molecule has 0 bridgehead atoms. The number of likely N-dealkylation sites (tertiary alicyclic amines) is 1. The molecule has 1 atom stereocenters. The highest BCUT2D eigenvalue weighted by Crippen LogP contribution is 2.33. The fraction of sp³-hybridized carbons (Fsp3) is 0.333. The Morgan fingerprint density at radius 2 is 2.00 bits per heavy atom. The molecule has 1 aromatic carbocycles. The second-order valence-electron chi connectivity index (χ2n) is 6.36. The van der Waals surface area contributed by atoms with Gasteiger partial charge in [-0.3, -0.25) is 15.1 Å². The topological polar surface area (TPSA) is 60.6 Å². The number of nitrogens with one attached hydrogen (secondary N) is 2. The summed E-state index contributed by atoms with van der Waals surface area (Å²) in [6.45, 7) is 2.96. The van der Waals surface area contributed by atoms with Crippen molar-refractivity contribution in [3.05, 3.63) is 59.9 Å². The van der Waals surface area contributed by atoms with Crippen LogP contribution in [0.5, 0.6) is 0 Å². The smallest absolute Gasteiger partial charge is 0.123 e. The third kappa shape index (κ3) is 3.10. The van der Waals surface area contributed by atoms with Gasteiger partial charge in [-0.2, -0.15) is 10.2 Å². The average Bonchev–Trinajstić information content (AvgIpc) is 3.27. The van der Waals surface area contributed by atoms with Crippen molar-refractivity contribution >= 4 is 0 Å². The fourth-order valence-electron chi connectivity index (χ4n) is 3.52. The molecule has 0 unspecified atom stereocenters. The summed E-state index contributed by atoms with van der Waals surface area (Å²) in [5.74, 6) is 0.191. The maximum absolute atomic E-state index is 13.2. The maximum atomic E-state index is 13.2. The van der Waals surface area contributed by atoms with Crippen molar-refractivity contribution in [1.29, 1.82) is 0 Å². The average molecular weight is 325 g/mol. The third-order valence-corrected chi connectivity index (χ3v) is 4.69. The molecule has 5 nitrogen and oxygen atoms in total. The van der Waals surface area contributed by atoms with E-state index >= 15 is 0 Å². The van der Waals surface area contributed by atoms with Crippen LogP contribution in [0.1, 0.15) is 30.1 Å². The van der Waals surface area contributed by atoms with E-state index in [1.807, 2.05) is 24.4 Å². The van der Waals surface area contributed by atoms with E-state index in [0.29, 0.717) is 5.92 Å². The van der Waals surface area contributed by atoms with Crippen LogP contribution in [0, 0.1) is 5.82 Å². The lowest BCUT2D eigenvalue weighted by Crippen LogP contribution is -2.34. The van der Waals surface area contributed by atoms with Gasteiger partial charge in [-0.1, -0.05) is 12.1 Å². The van der Waals surface area contributed by atoms with Crippen LogP contribution in [0.25, 0.3) is 11.1 Å².